The predicted octanol–water partition coefficient (Wildman–Crippen LogP) is 2.72. The van der Waals surface area contributed by atoms with Crippen molar-refractivity contribution in [2.45, 2.75) is 45.6 Å². The van der Waals surface area contributed by atoms with Gasteiger partial charge in [-0.15, -0.1) is 0 Å². The van der Waals surface area contributed by atoms with Gasteiger partial charge in [-0.25, -0.2) is 0 Å². The second-order valence-electron chi connectivity index (χ2n) is 5.29. The second-order valence-corrected chi connectivity index (χ2v) is 5.29. The highest BCUT2D eigenvalue weighted by atomic mass is 15.2. The molecule has 1 heterocycles. The lowest BCUT2D eigenvalue weighted by molar-refractivity contribution is 0.357. The van der Waals surface area contributed by atoms with Crippen LogP contribution in [0.5, 0.6) is 0 Å². The van der Waals surface area contributed by atoms with Crippen LogP contribution in [0.3, 0.4) is 0 Å². The first-order valence-corrected chi connectivity index (χ1v) is 6.62. The summed E-state index contributed by atoms with van der Waals surface area (Å²) in [6.07, 6.45) is 9.04. The molecule has 3 nitrogen and oxygen atoms in total. The Bertz CT molecular complexity index is 364. The van der Waals surface area contributed by atoms with Crippen molar-refractivity contribution >= 4 is 0 Å². The third-order valence-electron chi connectivity index (χ3n) is 4.07. The molecule has 1 fully saturated rings. The molecule has 0 saturated heterocycles. The van der Waals surface area contributed by atoms with Crippen molar-refractivity contribution in [3.63, 3.8) is 0 Å². The molecule has 0 spiro atoms. The molecule has 1 aliphatic carbocycles. The van der Waals surface area contributed by atoms with Gasteiger partial charge in [0.1, 0.15) is 0 Å². The van der Waals surface area contributed by atoms with Crippen molar-refractivity contribution in [1.82, 2.24) is 10.4 Å². The number of aryl methyl sites for hydroxylation is 1. The molecule has 1 aromatic heterocycles. The van der Waals surface area contributed by atoms with Crippen LogP contribution in [0.1, 0.15) is 49.8 Å². The Morgan fingerprint density at radius 3 is 2.88 bits per heavy atom. The zero-order valence-electron chi connectivity index (χ0n) is 10.8. The second kappa shape index (κ2) is 5.61. The standard InChI is InChI=1S/C14H23N3/c1-3-11-4-5-12(7-11)14(17-15)13-6-10(2)8-16-9-13/h6,8-9,11-12,14,17H,3-5,7,15H2,1-2H3. The van der Waals surface area contributed by atoms with Gasteiger partial charge in [-0.3, -0.25) is 16.3 Å². The highest BCUT2D eigenvalue weighted by Gasteiger charge is 2.30. The molecule has 2 rings (SSSR count). The summed E-state index contributed by atoms with van der Waals surface area (Å²) in [7, 11) is 0. The van der Waals surface area contributed by atoms with E-state index in [0.29, 0.717) is 5.92 Å². The summed E-state index contributed by atoms with van der Waals surface area (Å²) in [6, 6.07) is 2.45. The Kier molecular flexibility index (Phi) is 4.13. The van der Waals surface area contributed by atoms with Crippen LogP contribution < -0.4 is 11.3 Å². The van der Waals surface area contributed by atoms with Crippen molar-refractivity contribution in [2.75, 3.05) is 0 Å². The zero-order valence-corrected chi connectivity index (χ0v) is 10.8. The van der Waals surface area contributed by atoms with E-state index in [2.05, 4.69) is 30.3 Å². The van der Waals surface area contributed by atoms with Gasteiger partial charge in [0, 0.05) is 12.4 Å². The Morgan fingerprint density at radius 1 is 1.47 bits per heavy atom. The van der Waals surface area contributed by atoms with Gasteiger partial charge >= 0.3 is 0 Å². The van der Waals surface area contributed by atoms with E-state index in [1.807, 2.05) is 12.4 Å². The monoisotopic (exact) mass is 233 g/mol. The third-order valence-corrected chi connectivity index (χ3v) is 4.07. The normalized spacial score (nSPS) is 26.1. The largest absolute Gasteiger partial charge is 0.271 e. The molecule has 0 amide bonds. The van der Waals surface area contributed by atoms with Crippen LogP contribution in [0.4, 0.5) is 0 Å². The maximum atomic E-state index is 5.74. The maximum absolute atomic E-state index is 5.74. The zero-order chi connectivity index (χ0) is 12.3. The van der Waals surface area contributed by atoms with E-state index in [1.54, 1.807) is 0 Å². The van der Waals surface area contributed by atoms with Crippen LogP contribution in [-0.4, -0.2) is 4.98 Å². The first kappa shape index (κ1) is 12.5. The first-order chi connectivity index (χ1) is 8.24. The van der Waals surface area contributed by atoms with E-state index in [-0.39, 0.29) is 6.04 Å². The summed E-state index contributed by atoms with van der Waals surface area (Å²) in [6.45, 7) is 4.36. The molecule has 0 aromatic carbocycles. The number of hydrogen-bond acceptors (Lipinski definition) is 3. The minimum absolute atomic E-state index is 0.263. The maximum Gasteiger partial charge on any atom is 0.0503 e. The number of nitrogens with zero attached hydrogens (tertiary/aromatic N) is 1. The smallest absolute Gasteiger partial charge is 0.0503 e. The van der Waals surface area contributed by atoms with E-state index in [0.717, 1.165) is 5.92 Å². The quantitative estimate of drug-likeness (QED) is 0.621. The van der Waals surface area contributed by atoms with Crippen molar-refractivity contribution in [1.29, 1.82) is 0 Å². The third kappa shape index (κ3) is 2.85. The van der Waals surface area contributed by atoms with Gasteiger partial charge in [-0.05, 0) is 42.7 Å². The number of nitrogens with two attached hydrogens (primary N) is 1. The van der Waals surface area contributed by atoms with Crippen molar-refractivity contribution in [3.05, 3.63) is 29.6 Å². The van der Waals surface area contributed by atoms with Gasteiger partial charge < -0.3 is 0 Å². The Hall–Kier alpha value is -0.930. The summed E-state index contributed by atoms with van der Waals surface area (Å²) in [5.41, 5.74) is 5.42. The predicted molar refractivity (Wildman–Crippen MR) is 70.2 cm³/mol. The Labute approximate surface area is 104 Å². The Balaban J connectivity index is 2.11. The highest BCUT2D eigenvalue weighted by Crippen LogP contribution is 2.39. The van der Waals surface area contributed by atoms with Crippen molar-refractivity contribution < 1.29 is 0 Å². The van der Waals surface area contributed by atoms with Crippen molar-refractivity contribution in [2.24, 2.45) is 17.7 Å². The van der Waals surface area contributed by atoms with Gasteiger partial charge in [0.15, 0.2) is 0 Å². The van der Waals surface area contributed by atoms with E-state index >= 15 is 0 Å². The molecule has 3 unspecified atom stereocenters. The van der Waals surface area contributed by atoms with Crippen LogP contribution in [0.25, 0.3) is 0 Å². The fourth-order valence-corrected chi connectivity index (χ4v) is 3.04. The highest BCUT2D eigenvalue weighted by molar-refractivity contribution is 5.21. The summed E-state index contributed by atoms with van der Waals surface area (Å²) >= 11 is 0. The first-order valence-electron chi connectivity index (χ1n) is 6.62. The molecule has 3 N–H and O–H groups in total. The molecule has 1 aliphatic rings. The average molecular weight is 233 g/mol. The lowest BCUT2D eigenvalue weighted by Gasteiger charge is -2.23. The molecule has 1 saturated carbocycles. The SMILES string of the molecule is CCC1CCC(C(NN)c2cncc(C)c2)C1. The van der Waals surface area contributed by atoms with E-state index in [4.69, 9.17) is 5.84 Å². The number of aromatic nitrogens is 1. The fraction of sp³-hybridized carbons (Fsp3) is 0.643. The topological polar surface area (TPSA) is 50.9 Å². The number of rotatable bonds is 4. The van der Waals surface area contributed by atoms with Gasteiger partial charge in [-0.1, -0.05) is 25.8 Å². The molecule has 0 radical (unpaired) electrons. The molecular formula is C14H23N3. The lowest BCUT2D eigenvalue weighted by Crippen LogP contribution is -2.33. The molecule has 94 valence electrons. The minimum atomic E-state index is 0.263. The summed E-state index contributed by atoms with van der Waals surface area (Å²) in [5.74, 6) is 7.29. The Morgan fingerprint density at radius 2 is 2.29 bits per heavy atom. The summed E-state index contributed by atoms with van der Waals surface area (Å²) < 4.78 is 0. The van der Waals surface area contributed by atoms with Gasteiger partial charge in [0.2, 0.25) is 0 Å². The van der Waals surface area contributed by atoms with E-state index in [1.165, 1.54) is 36.8 Å². The van der Waals surface area contributed by atoms with Crippen LogP contribution in [0.15, 0.2) is 18.5 Å². The molecule has 0 aliphatic heterocycles. The van der Waals surface area contributed by atoms with E-state index < -0.39 is 0 Å². The van der Waals surface area contributed by atoms with Crippen LogP contribution >= 0.6 is 0 Å². The number of nitrogens with one attached hydrogen (secondary N) is 1. The molecule has 0 bridgehead atoms. The summed E-state index contributed by atoms with van der Waals surface area (Å²) in [4.78, 5) is 4.27. The molecule has 3 atom stereocenters. The van der Waals surface area contributed by atoms with Crippen LogP contribution in [-0.2, 0) is 0 Å². The van der Waals surface area contributed by atoms with Crippen molar-refractivity contribution in [3.8, 4) is 0 Å². The average Bonchev–Trinajstić information content (AvgIpc) is 2.79. The molecule has 3 heteroatoms. The number of hydrazine groups is 1. The molecule has 1 aromatic rings. The summed E-state index contributed by atoms with van der Waals surface area (Å²) in [5, 5.41) is 0. The number of pyridine rings is 1. The van der Waals surface area contributed by atoms with Crippen LogP contribution in [0, 0.1) is 18.8 Å². The van der Waals surface area contributed by atoms with E-state index in [9.17, 15) is 0 Å². The number of hydrogen-bond donors (Lipinski definition) is 2. The van der Waals surface area contributed by atoms with Crippen LogP contribution in [0.2, 0.25) is 0 Å². The van der Waals surface area contributed by atoms with Gasteiger partial charge in [0.05, 0.1) is 6.04 Å². The fourth-order valence-electron chi connectivity index (χ4n) is 3.04. The lowest BCUT2D eigenvalue weighted by atomic mass is 9.91. The molecular weight excluding hydrogens is 210 g/mol. The molecule has 17 heavy (non-hydrogen) atoms. The van der Waals surface area contributed by atoms with Gasteiger partial charge in [0.25, 0.3) is 0 Å². The van der Waals surface area contributed by atoms with Gasteiger partial charge in [-0.2, -0.15) is 0 Å². The minimum Gasteiger partial charge on any atom is -0.271 e.